The van der Waals surface area contributed by atoms with Crippen molar-refractivity contribution in [3.63, 3.8) is 0 Å². The van der Waals surface area contributed by atoms with Crippen molar-refractivity contribution >= 4 is 70.1 Å². The van der Waals surface area contributed by atoms with Crippen LogP contribution in [0.15, 0.2) is 200 Å². The molecular weight excluding hydrogens is 647 g/mol. The van der Waals surface area contributed by atoms with E-state index in [1.165, 1.54) is 75.1 Å². The predicted molar refractivity (Wildman–Crippen MR) is 225 cm³/mol. The molecule has 0 aliphatic heterocycles. The predicted octanol–water partition coefficient (Wildman–Crippen LogP) is 14.8. The number of rotatable bonds is 6. The molecule has 0 aliphatic rings. The van der Waals surface area contributed by atoms with Crippen LogP contribution in [0.5, 0.6) is 0 Å². The Labute approximate surface area is 307 Å². The molecule has 2 heteroatoms. The largest absolute Gasteiger partial charge is 0.310 e. The molecule has 1 aromatic heterocycles. The van der Waals surface area contributed by atoms with Gasteiger partial charge in [0.1, 0.15) is 0 Å². The molecule has 9 aromatic carbocycles. The number of benzene rings is 9. The van der Waals surface area contributed by atoms with Crippen LogP contribution in [0.3, 0.4) is 0 Å². The maximum absolute atomic E-state index is 2.40. The fourth-order valence-corrected chi connectivity index (χ4v) is 8.61. The van der Waals surface area contributed by atoms with Gasteiger partial charge < -0.3 is 4.90 Å². The Kier molecular flexibility index (Phi) is 7.41. The minimum Gasteiger partial charge on any atom is -0.310 e. The maximum atomic E-state index is 2.40. The summed E-state index contributed by atoms with van der Waals surface area (Å²) < 4.78 is 2.62. The smallest absolute Gasteiger partial charge is 0.0468 e. The maximum Gasteiger partial charge on any atom is 0.0468 e. The van der Waals surface area contributed by atoms with Gasteiger partial charge in [-0.25, -0.2) is 0 Å². The second kappa shape index (κ2) is 12.7. The SMILES string of the molecule is c1ccc(-c2ccc(N(c3ccc4ccc(-c5ccc6cc(-c7ccccc7)ccc6c5)cc4c3)c3ccc4sc5ccccc5c4c3)cc2)cc1. The van der Waals surface area contributed by atoms with E-state index in [0.717, 1.165) is 17.1 Å². The minimum absolute atomic E-state index is 1.12. The Hall–Kier alpha value is -6.48. The summed E-state index contributed by atoms with van der Waals surface area (Å²) in [7, 11) is 0. The second-order valence-electron chi connectivity index (χ2n) is 13.4. The molecule has 0 fully saturated rings. The molecule has 244 valence electrons. The van der Waals surface area contributed by atoms with Crippen LogP contribution in [-0.2, 0) is 0 Å². The average molecular weight is 680 g/mol. The lowest BCUT2D eigenvalue weighted by molar-refractivity contribution is 1.30. The van der Waals surface area contributed by atoms with E-state index in [0.29, 0.717) is 0 Å². The van der Waals surface area contributed by atoms with Gasteiger partial charge in [-0.1, -0.05) is 133 Å². The quantitative estimate of drug-likeness (QED) is 0.169. The van der Waals surface area contributed by atoms with E-state index in [1.807, 2.05) is 11.3 Å². The van der Waals surface area contributed by atoms with Crippen molar-refractivity contribution in [1.29, 1.82) is 0 Å². The van der Waals surface area contributed by atoms with Gasteiger partial charge in [-0.2, -0.15) is 0 Å². The Balaban J connectivity index is 1.07. The van der Waals surface area contributed by atoms with Crippen LogP contribution in [0.1, 0.15) is 0 Å². The molecule has 0 bridgehead atoms. The van der Waals surface area contributed by atoms with Crippen molar-refractivity contribution < 1.29 is 0 Å². The molecule has 0 N–H and O–H groups in total. The van der Waals surface area contributed by atoms with Crippen molar-refractivity contribution in [2.45, 2.75) is 0 Å². The number of hydrogen-bond acceptors (Lipinski definition) is 2. The molecule has 0 amide bonds. The summed E-state index contributed by atoms with van der Waals surface area (Å²) in [5.74, 6) is 0. The monoisotopic (exact) mass is 679 g/mol. The van der Waals surface area contributed by atoms with Crippen LogP contribution in [0.4, 0.5) is 17.1 Å². The van der Waals surface area contributed by atoms with Crippen molar-refractivity contribution in [1.82, 2.24) is 0 Å². The molecule has 0 saturated carbocycles. The number of anilines is 3. The van der Waals surface area contributed by atoms with Crippen LogP contribution in [0.2, 0.25) is 0 Å². The van der Waals surface area contributed by atoms with E-state index in [-0.39, 0.29) is 0 Å². The molecule has 0 aliphatic carbocycles. The summed E-state index contributed by atoms with van der Waals surface area (Å²) in [5.41, 5.74) is 10.7. The lowest BCUT2D eigenvalue weighted by Gasteiger charge is -2.26. The molecule has 0 saturated heterocycles. The minimum atomic E-state index is 1.12. The Morgan fingerprint density at radius 2 is 0.731 bits per heavy atom. The highest BCUT2D eigenvalue weighted by atomic mass is 32.1. The number of hydrogen-bond donors (Lipinski definition) is 0. The first kappa shape index (κ1) is 30.4. The first-order chi connectivity index (χ1) is 25.7. The van der Waals surface area contributed by atoms with Gasteiger partial charge in [0.25, 0.3) is 0 Å². The molecule has 0 spiro atoms. The van der Waals surface area contributed by atoms with Crippen molar-refractivity contribution in [2.24, 2.45) is 0 Å². The van der Waals surface area contributed by atoms with E-state index >= 15 is 0 Å². The van der Waals surface area contributed by atoms with E-state index in [1.54, 1.807) is 0 Å². The lowest BCUT2D eigenvalue weighted by Crippen LogP contribution is -2.09. The van der Waals surface area contributed by atoms with Crippen LogP contribution in [-0.4, -0.2) is 0 Å². The van der Waals surface area contributed by atoms with E-state index in [2.05, 4.69) is 205 Å². The highest BCUT2D eigenvalue weighted by Gasteiger charge is 2.16. The molecule has 10 aromatic rings. The summed E-state index contributed by atoms with van der Waals surface area (Å²) in [5, 5.41) is 7.52. The highest BCUT2D eigenvalue weighted by Crippen LogP contribution is 2.42. The number of fused-ring (bicyclic) bond motifs is 5. The summed E-state index contributed by atoms with van der Waals surface area (Å²) >= 11 is 1.86. The van der Waals surface area contributed by atoms with Gasteiger partial charge in [0, 0.05) is 37.2 Å². The van der Waals surface area contributed by atoms with Gasteiger partial charge in [0.15, 0.2) is 0 Å². The molecule has 0 atom stereocenters. The molecule has 1 heterocycles. The third-order valence-electron chi connectivity index (χ3n) is 10.2. The molecule has 10 rings (SSSR count). The van der Waals surface area contributed by atoms with E-state index < -0.39 is 0 Å². The third kappa shape index (κ3) is 5.51. The van der Waals surface area contributed by atoms with Crippen LogP contribution in [0, 0.1) is 0 Å². The van der Waals surface area contributed by atoms with Crippen molar-refractivity contribution in [2.75, 3.05) is 4.90 Å². The Bertz CT molecular complexity index is 2890. The van der Waals surface area contributed by atoms with Crippen LogP contribution < -0.4 is 4.90 Å². The highest BCUT2D eigenvalue weighted by molar-refractivity contribution is 7.25. The first-order valence-electron chi connectivity index (χ1n) is 17.7. The second-order valence-corrected chi connectivity index (χ2v) is 14.5. The van der Waals surface area contributed by atoms with Gasteiger partial charge in [0.05, 0.1) is 0 Å². The zero-order valence-corrected chi connectivity index (χ0v) is 29.2. The summed E-state index contributed by atoms with van der Waals surface area (Å²) in [6.45, 7) is 0. The fourth-order valence-electron chi connectivity index (χ4n) is 7.52. The topological polar surface area (TPSA) is 3.24 Å². The van der Waals surface area contributed by atoms with Gasteiger partial charge in [-0.05, 0) is 122 Å². The van der Waals surface area contributed by atoms with Crippen LogP contribution >= 0.6 is 11.3 Å². The van der Waals surface area contributed by atoms with Gasteiger partial charge in [-0.3, -0.25) is 0 Å². The molecule has 0 radical (unpaired) electrons. The van der Waals surface area contributed by atoms with E-state index in [4.69, 9.17) is 0 Å². The van der Waals surface area contributed by atoms with Gasteiger partial charge in [0.2, 0.25) is 0 Å². The zero-order valence-electron chi connectivity index (χ0n) is 28.4. The van der Waals surface area contributed by atoms with Gasteiger partial charge >= 0.3 is 0 Å². The number of nitrogens with zero attached hydrogens (tertiary/aromatic N) is 1. The van der Waals surface area contributed by atoms with Crippen molar-refractivity contribution in [3.8, 4) is 33.4 Å². The molecule has 1 nitrogen and oxygen atoms in total. The van der Waals surface area contributed by atoms with Crippen LogP contribution in [0.25, 0.3) is 75.1 Å². The standard InChI is InChI=1S/C50H33NS/c1-3-9-34(10-4-1)36-21-24-44(25-22-36)51(46-27-28-50-48(33-46)47-13-7-8-14-49(47)52-50)45-26-23-37-15-16-42(31-43(37)32-45)41-20-19-39-29-38(17-18-40(39)30-41)35-11-5-2-6-12-35/h1-33H. The van der Waals surface area contributed by atoms with Crippen molar-refractivity contribution in [3.05, 3.63) is 200 Å². The van der Waals surface area contributed by atoms with E-state index in [9.17, 15) is 0 Å². The summed E-state index contributed by atoms with van der Waals surface area (Å²) in [4.78, 5) is 2.40. The first-order valence-corrected chi connectivity index (χ1v) is 18.6. The fraction of sp³-hybridized carbons (Fsp3) is 0. The number of thiophene rings is 1. The Morgan fingerprint density at radius 1 is 0.269 bits per heavy atom. The average Bonchev–Trinajstić information content (AvgIpc) is 3.59. The summed E-state index contributed by atoms with van der Waals surface area (Å²) in [6, 6.07) is 73.0. The molecule has 0 unspecified atom stereocenters. The normalized spacial score (nSPS) is 11.5. The molecular formula is C50H33NS. The lowest BCUT2D eigenvalue weighted by atomic mass is 9.96. The zero-order chi connectivity index (χ0) is 34.4. The third-order valence-corrected chi connectivity index (χ3v) is 11.4. The molecule has 52 heavy (non-hydrogen) atoms. The Morgan fingerprint density at radius 3 is 1.44 bits per heavy atom. The van der Waals surface area contributed by atoms with Gasteiger partial charge in [-0.15, -0.1) is 11.3 Å². The summed E-state index contributed by atoms with van der Waals surface area (Å²) in [6.07, 6.45) is 0.